The smallest absolute Gasteiger partial charge is 0.227 e. The Labute approximate surface area is 173 Å². The molecule has 4 aromatic rings. The average Bonchev–Trinajstić information content (AvgIpc) is 3.12. The van der Waals surface area contributed by atoms with Crippen LogP contribution in [0.15, 0.2) is 53.6 Å². The summed E-state index contributed by atoms with van der Waals surface area (Å²) in [7, 11) is 0. The normalized spacial score (nSPS) is 15.3. The number of fused-ring (bicyclic) bond motifs is 3. The van der Waals surface area contributed by atoms with Crippen LogP contribution in [0, 0.1) is 0 Å². The van der Waals surface area contributed by atoms with Crippen molar-refractivity contribution in [2.75, 3.05) is 31.5 Å². The van der Waals surface area contributed by atoms with Crippen molar-refractivity contribution in [3.8, 4) is 0 Å². The van der Waals surface area contributed by atoms with Crippen LogP contribution in [0.25, 0.3) is 21.0 Å². The van der Waals surface area contributed by atoms with Gasteiger partial charge >= 0.3 is 0 Å². The van der Waals surface area contributed by atoms with Gasteiger partial charge in [0.25, 0.3) is 0 Å². The Kier molecular flexibility index (Phi) is 4.90. The maximum Gasteiger partial charge on any atom is 0.227 e. The van der Waals surface area contributed by atoms with E-state index in [1.54, 1.807) is 0 Å². The van der Waals surface area contributed by atoms with E-state index in [4.69, 9.17) is 4.98 Å². The summed E-state index contributed by atoms with van der Waals surface area (Å²) in [5, 5.41) is 8.98. The molecule has 2 N–H and O–H groups in total. The second-order valence-corrected chi connectivity index (χ2v) is 8.71. The molecule has 2 aromatic carbocycles. The second-order valence-electron chi connectivity index (χ2n) is 7.02. The Morgan fingerprint density at radius 2 is 2.04 bits per heavy atom. The number of nitrogens with one attached hydrogen (secondary N) is 2. The molecule has 3 heterocycles. The lowest BCUT2D eigenvalue weighted by molar-refractivity contribution is 0.235. The molecular formula is C21H21N5S2. The summed E-state index contributed by atoms with van der Waals surface area (Å²) in [5.74, 6) is 0.605. The number of thiol groups is 1. The zero-order valence-corrected chi connectivity index (χ0v) is 17.1. The lowest BCUT2D eigenvalue weighted by atomic mass is 10.2. The molecule has 0 saturated carbocycles. The van der Waals surface area contributed by atoms with Crippen molar-refractivity contribution in [2.45, 2.75) is 11.4 Å². The minimum absolute atomic E-state index is 0.605. The molecule has 1 fully saturated rings. The van der Waals surface area contributed by atoms with E-state index < -0.39 is 0 Å². The predicted molar refractivity (Wildman–Crippen MR) is 120 cm³/mol. The van der Waals surface area contributed by atoms with E-state index in [-0.39, 0.29) is 0 Å². The molecule has 0 unspecified atom stereocenters. The quantitative estimate of drug-likeness (QED) is 0.441. The number of nitrogens with zero attached hydrogens (tertiary/aromatic N) is 3. The van der Waals surface area contributed by atoms with Crippen LogP contribution in [0.3, 0.4) is 0 Å². The number of hydrogen-bond acceptors (Lipinski definition) is 7. The Hall–Kier alpha value is -2.19. The fourth-order valence-corrected chi connectivity index (χ4v) is 4.93. The lowest BCUT2D eigenvalue weighted by Crippen LogP contribution is -2.42. The van der Waals surface area contributed by atoms with E-state index in [0.717, 1.165) is 54.2 Å². The summed E-state index contributed by atoms with van der Waals surface area (Å²) < 4.78 is 1.28. The molecule has 0 radical (unpaired) electrons. The van der Waals surface area contributed by atoms with Crippen molar-refractivity contribution < 1.29 is 0 Å². The molecule has 0 amide bonds. The summed E-state index contributed by atoms with van der Waals surface area (Å²) in [5.41, 5.74) is 1.93. The zero-order valence-electron chi connectivity index (χ0n) is 15.4. The predicted octanol–water partition coefficient (Wildman–Crippen LogP) is 4.28. The molecule has 0 bridgehead atoms. The van der Waals surface area contributed by atoms with Gasteiger partial charge in [-0.05, 0) is 36.4 Å². The molecular weight excluding hydrogens is 386 g/mol. The summed E-state index contributed by atoms with van der Waals surface area (Å²) in [4.78, 5) is 14.1. The fraction of sp³-hybridized carbons (Fsp3) is 0.238. The topological polar surface area (TPSA) is 53.1 Å². The van der Waals surface area contributed by atoms with Crippen LogP contribution in [-0.2, 0) is 6.54 Å². The molecule has 28 heavy (non-hydrogen) atoms. The Bertz CT molecular complexity index is 1130. The molecule has 1 saturated heterocycles. The van der Waals surface area contributed by atoms with Crippen LogP contribution in [0.5, 0.6) is 0 Å². The van der Waals surface area contributed by atoms with E-state index >= 15 is 0 Å². The first kappa shape index (κ1) is 17.9. The first-order valence-corrected chi connectivity index (χ1v) is 10.7. The van der Waals surface area contributed by atoms with Crippen LogP contribution in [0.4, 0.5) is 11.6 Å². The zero-order chi connectivity index (χ0) is 18.9. The highest BCUT2D eigenvalue weighted by molar-refractivity contribution is 7.80. The summed E-state index contributed by atoms with van der Waals surface area (Å²) in [6.45, 7) is 5.37. The van der Waals surface area contributed by atoms with E-state index in [0.29, 0.717) is 5.95 Å². The molecule has 1 aliphatic rings. The summed E-state index contributed by atoms with van der Waals surface area (Å²) in [6, 6.07) is 14.5. The molecule has 0 aliphatic carbocycles. The van der Waals surface area contributed by atoms with Gasteiger partial charge in [0.05, 0.1) is 5.52 Å². The van der Waals surface area contributed by atoms with Crippen LogP contribution < -0.4 is 10.6 Å². The third-order valence-corrected chi connectivity index (χ3v) is 6.35. The van der Waals surface area contributed by atoms with E-state index in [1.807, 2.05) is 41.8 Å². The molecule has 142 valence electrons. The van der Waals surface area contributed by atoms with Gasteiger partial charge in [-0.25, -0.2) is 9.97 Å². The fourth-order valence-electron chi connectivity index (χ4n) is 3.60. The van der Waals surface area contributed by atoms with Crippen LogP contribution >= 0.6 is 24.0 Å². The lowest BCUT2D eigenvalue weighted by Gasteiger charge is -2.26. The van der Waals surface area contributed by atoms with Crippen molar-refractivity contribution in [1.29, 1.82) is 0 Å². The highest BCUT2D eigenvalue weighted by atomic mass is 32.1. The van der Waals surface area contributed by atoms with Crippen molar-refractivity contribution in [1.82, 2.24) is 20.2 Å². The molecule has 5 nitrogen and oxygen atoms in total. The van der Waals surface area contributed by atoms with Crippen molar-refractivity contribution >= 4 is 56.6 Å². The number of benzene rings is 2. The first-order chi connectivity index (χ1) is 13.7. The average molecular weight is 408 g/mol. The Morgan fingerprint density at radius 1 is 1.14 bits per heavy atom. The van der Waals surface area contributed by atoms with Gasteiger partial charge in [0.15, 0.2) is 0 Å². The number of thiophene rings is 1. The third-order valence-electron chi connectivity index (χ3n) is 4.99. The van der Waals surface area contributed by atoms with Crippen molar-refractivity contribution in [3.05, 3.63) is 53.5 Å². The van der Waals surface area contributed by atoms with Gasteiger partial charge in [-0.3, -0.25) is 4.90 Å². The maximum atomic E-state index is 4.82. The van der Waals surface area contributed by atoms with E-state index in [2.05, 4.69) is 51.3 Å². The minimum Gasteiger partial charge on any atom is -0.324 e. The van der Waals surface area contributed by atoms with E-state index in [9.17, 15) is 0 Å². The molecule has 0 atom stereocenters. The molecule has 7 heteroatoms. The molecule has 0 spiro atoms. The highest BCUT2D eigenvalue weighted by Gasteiger charge is 2.13. The van der Waals surface area contributed by atoms with Crippen molar-refractivity contribution in [2.24, 2.45) is 0 Å². The Morgan fingerprint density at radius 3 is 2.89 bits per heavy atom. The molecule has 2 aromatic heterocycles. The van der Waals surface area contributed by atoms with Gasteiger partial charge in [0.1, 0.15) is 0 Å². The third kappa shape index (κ3) is 3.71. The van der Waals surface area contributed by atoms with Gasteiger partial charge in [-0.2, -0.15) is 0 Å². The SMILES string of the molecule is Sc1cccc(Nc2ncc3ccc4sc(CN5CCNCC5)cc4c3n2)c1. The van der Waals surface area contributed by atoms with Crippen LogP contribution in [-0.4, -0.2) is 41.0 Å². The molecule has 1 aliphatic heterocycles. The number of piperazine rings is 1. The number of rotatable bonds is 4. The number of aromatic nitrogens is 2. The standard InChI is InChI=1S/C21H21N5S2/c27-16-3-1-2-15(10-16)24-21-23-12-14-4-5-19-18(20(14)25-21)11-17(28-19)13-26-8-6-22-7-9-26/h1-5,10-12,22,27H,6-9,13H2,(H,23,24,25). The summed E-state index contributed by atoms with van der Waals surface area (Å²) >= 11 is 6.26. The monoisotopic (exact) mass is 407 g/mol. The molecule has 5 rings (SSSR count). The minimum atomic E-state index is 0.605. The van der Waals surface area contributed by atoms with Gasteiger partial charge < -0.3 is 10.6 Å². The first-order valence-electron chi connectivity index (χ1n) is 9.42. The largest absolute Gasteiger partial charge is 0.324 e. The van der Waals surface area contributed by atoms with Gasteiger partial charge in [0, 0.05) is 69.9 Å². The van der Waals surface area contributed by atoms with Gasteiger partial charge in [-0.15, -0.1) is 24.0 Å². The van der Waals surface area contributed by atoms with Crippen LogP contribution in [0.1, 0.15) is 4.88 Å². The number of hydrogen-bond donors (Lipinski definition) is 3. The highest BCUT2D eigenvalue weighted by Crippen LogP contribution is 2.32. The Balaban J connectivity index is 1.48. The van der Waals surface area contributed by atoms with Crippen molar-refractivity contribution in [3.63, 3.8) is 0 Å². The van der Waals surface area contributed by atoms with E-state index in [1.165, 1.54) is 15.0 Å². The second kappa shape index (κ2) is 7.67. The number of anilines is 2. The van der Waals surface area contributed by atoms with Gasteiger partial charge in [-0.1, -0.05) is 6.07 Å². The van der Waals surface area contributed by atoms with Crippen LogP contribution in [0.2, 0.25) is 0 Å². The summed E-state index contributed by atoms with van der Waals surface area (Å²) in [6.07, 6.45) is 1.89. The van der Waals surface area contributed by atoms with Gasteiger partial charge in [0.2, 0.25) is 5.95 Å². The maximum absolute atomic E-state index is 4.82.